The molecule has 0 bridgehead atoms. The van der Waals surface area contributed by atoms with E-state index in [-0.39, 0.29) is 0 Å². The first-order valence-corrected chi connectivity index (χ1v) is 8.39. The Bertz CT molecular complexity index is 636. The molecule has 1 aromatic carbocycles. The van der Waals surface area contributed by atoms with Gasteiger partial charge in [-0.05, 0) is 61.6 Å². The summed E-state index contributed by atoms with van der Waals surface area (Å²) in [5.41, 5.74) is 2.68. The van der Waals surface area contributed by atoms with Crippen LogP contribution in [-0.2, 0) is 6.42 Å². The Hall–Kier alpha value is -2.34. The van der Waals surface area contributed by atoms with Gasteiger partial charge in [-0.1, -0.05) is 32.6 Å². The number of unbranched alkanes of at least 4 members (excludes halogenated alkanes) is 2. The largest absolute Gasteiger partial charge is 0.494 e. The second kappa shape index (κ2) is 9.63. The normalized spacial score (nSPS) is 10.0. The van der Waals surface area contributed by atoms with Gasteiger partial charge in [0.25, 0.3) is 0 Å². The molecule has 23 heavy (non-hydrogen) atoms. The fraction of sp³-hybridized carbons (Fsp3) is 0.400. The van der Waals surface area contributed by atoms with E-state index in [1.165, 1.54) is 6.42 Å². The van der Waals surface area contributed by atoms with Crippen LogP contribution in [0.1, 0.15) is 56.5 Å². The van der Waals surface area contributed by atoms with Gasteiger partial charge in [-0.3, -0.25) is 0 Å². The third kappa shape index (κ3) is 6.12. The summed E-state index contributed by atoms with van der Waals surface area (Å²) >= 11 is 0. The van der Waals surface area contributed by atoms with Crippen molar-refractivity contribution < 1.29 is 4.74 Å². The zero-order chi connectivity index (χ0) is 16.3. The van der Waals surface area contributed by atoms with Crippen molar-refractivity contribution in [2.75, 3.05) is 6.61 Å². The molecule has 0 aliphatic rings. The van der Waals surface area contributed by atoms with Crippen molar-refractivity contribution >= 4 is 0 Å². The lowest BCUT2D eigenvalue weighted by Gasteiger charge is -2.04. The maximum Gasteiger partial charge on any atom is 0.136 e. The summed E-state index contributed by atoms with van der Waals surface area (Å²) in [5.74, 6) is 7.05. The molecule has 120 valence electrons. The molecule has 0 spiro atoms. The number of nitrogens with zero attached hydrogens (tertiary/aromatic N) is 2. The predicted octanol–water partition coefficient (Wildman–Crippen LogP) is 4.40. The highest BCUT2D eigenvalue weighted by atomic mass is 16.5. The zero-order valence-corrected chi connectivity index (χ0v) is 14.0. The molecule has 3 nitrogen and oxygen atoms in total. The Morgan fingerprint density at radius 3 is 2.30 bits per heavy atom. The molecule has 1 heterocycles. The van der Waals surface area contributed by atoms with E-state index in [9.17, 15) is 0 Å². The second-order valence-corrected chi connectivity index (χ2v) is 5.49. The lowest BCUT2D eigenvalue weighted by atomic mass is 10.2. The first-order chi connectivity index (χ1) is 11.3. The Morgan fingerprint density at radius 1 is 0.870 bits per heavy atom. The van der Waals surface area contributed by atoms with Gasteiger partial charge in [-0.2, -0.15) is 5.10 Å². The van der Waals surface area contributed by atoms with Crippen molar-refractivity contribution in [2.24, 2.45) is 0 Å². The molecule has 0 aliphatic carbocycles. The number of benzene rings is 1. The highest BCUT2D eigenvalue weighted by Crippen LogP contribution is 2.12. The van der Waals surface area contributed by atoms with E-state index in [1.807, 2.05) is 36.4 Å². The molecule has 0 atom stereocenters. The molecule has 3 heteroatoms. The average Bonchev–Trinajstić information content (AvgIpc) is 2.60. The molecule has 2 aromatic rings. The van der Waals surface area contributed by atoms with Crippen LogP contribution in [0.3, 0.4) is 0 Å². The lowest BCUT2D eigenvalue weighted by molar-refractivity contribution is 0.309. The molecule has 0 amide bonds. The highest BCUT2D eigenvalue weighted by Gasteiger charge is 1.96. The van der Waals surface area contributed by atoms with Crippen molar-refractivity contribution in [1.82, 2.24) is 10.2 Å². The van der Waals surface area contributed by atoms with E-state index in [4.69, 9.17) is 4.74 Å². The van der Waals surface area contributed by atoms with E-state index in [2.05, 4.69) is 35.9 Å². The van der Waals surface area contributed by atoms with Crippen molar-refractivity contribution in [1.29, 1.82) is 0 Å². The number of aryl methyl sites for hydroxylation is 1. The lowest BCUT2D eigenvalue weighted by Crippen LogP contribution is -1.96. The van der Waals surface area contributed by atoms with Crippen LogP contribution in [0.4, 0.5) is 0 Å². The Labute approximate surface area is 139 Å². The van der Waals surface area contributed by atoms with Crippen molar-refractivity contribution in [3.05, 3.63) is 53.3 Å². The van der Waals surface area contributed by atoms with Gasteiger partial charge in [0.05, 0.1) is 12.3 Å². The van der Waals surface area contributed by atoms with Gasteiger partial charge in [0.2, 0.25) is 0 Å². The summed E-state index contributed by atoms with van der Waals surface area (Å²) in [4.78, 5) is 0. The van der Waals surface area contributed by atoms with Crippen LogP contribution in [0, 0.1) is 11.8 Å². The van der Waals surface area contributed by atoms with Gasteiger partial charge in [0.15, 0.2) is 0 Å². The Balaban J connectivity index is 1.93. The maximum absolute atomic E-state index is 5.64. The number of hydrogen-bond acceptors (Lipinski definition) is 3. The van der Waals surface area contributed by atoms with Crippen LogP contribution in [0.5, 0.6) is 5.75 Å². The molecule has 1 aromatic heterocycles. The molecule has 2 rings (SSSR count). The molecule has 0 unspecified atom stereocenters. The van der Waals surface area contributed by atoms with E-state index in [0.717, 1.165) is 49.3 Å². The fourth-order valence-corrected chi connectivity index (χ4v) is 2.02. The predicted molar refractivity (Wildman–Crippen MR) is 93.5 cm³/mol. The van der Waals surface area contributed by atoms with Crippen LogP contribution >= 0.6 is 0 Å². The molecule has 0 fully saturated rings. The zero-order valence-electron chi connectivity index (χ0n) is 14.0. The molecular weight excluding hydrogens is 284 g/mol. The maximum atomic E-state index is 5.64. The van der Waals surface area contributed by atoms with Crippen molar-refractivity contribution in [2.45, 2.75) is 46.0 Å². The minimum atomic E-state index is 0.702. The van der Waals surface area contributed by atoms with E-state index >= 15 is 0 Å². The standard InChI is InChI=1S/C20H24N2O/c1-3-5-7-18-12-13-19(22-21-18)11-8-17-9-14-20(15-10-17)23-16-6-4-2/h9-10,12-15H,3-7,16H2,1-2H3. The minimum Gasteiger partial charge on any atom is -0.494 e. The third-order valence-corrected chi connectivity index (χ3v) is 3.46. The molecule has 0 saturated carbocycles. The second-order valence-electron chi connectivity index (χ2n) is 5.49. The SMILES string of the molecule is CCCCOc1ccc(C#Cc2ccc(CCCC)nn2)cc1. The van der Waals surface area contributed by atoms with Gasteiger partial charge in [-0.25, -0.2) is 0 Å². The van der Waals surface area contributed by atoms with Crippen molar-refractivity contribution in [3.8, 4) is 17.6 Å². The quantitative estimate of drug-likeness (QED) is 0.562. The summed E-state index contributed by atoms with van der Waals surface area (Å²) < 4.78 is 5.64. The van der Waals surface area contributed by atoms with Gasteiger partial charge < -0.3 is 4.74 Å². The summed E-state index contributed by atoms with van der Waals surface area (Å²) in [6, 6.07) is 11.8. The van der Waals surface area contributed by atoms with Gasteiger partial charge in [0.1, 0.15) is 11.4 Å². The Morgan fingerprint density at radius 2 is 1.65 bits per heavy atom. The number of aromatic nitrogens is 2. The van der Waals surface area contributed by atoms with E-state index in [0.29, 0.717) is 5.69 Å². The van der Waals surface area contributed by atoms with Crippen molar-refractivity contribution in [3.63, 3.8) is 0 Å². The fourth-order valence-electron chi connectivity index (χ4n) is 2.02. The van der Waals surface area contributed by atoms with Crippen LogP contribution < -0.4 is 4.74 Å². The monoisotopic (exact) mass is 308 g/mol. The van der Waals surface area contributed by atoms with Gasteiger partial charge >= 0.3 is 0 Å². The molecule has 0 radical (unpaired) electrons. The summed E-state index contributed by atoms with van der Waals surface area (Å²) in [7, 11) is 0. The first-order valence-electron chi connectivity index (χ1n) is 8.39. The first kappa shape index (κ1) is 17.0. The summed E-state index contributed by atoms with van der Waals surface area (Å²) in [6.07, 6.45) is 5.51. The minimum absolute atomic E-state index is 0.702. The molecule has 0 saturated heterocycles. The van der Waals surface area contributed by atoms with Gasteiger partial charge in [-0.15, -0.1) is 5.10 Å². The number of ether oxygens (including phenoxy) is 1. The topological polar surface area (TPSA) is 35.0 Å². The molecule has 0 N–H and O–H groups in total. The molecule has 0 aliphatic heterocycles. The molecular formula is C20H24N2O. The van der Waals surface area contributed by atoms with Crippen LogP contribution in [0.25, 0.3) is 0 Å². The Kier molecular flexibility index (Phi) is 7.13. The van der Waals surface area contributed by atoms with E-state index in [1.54, 1.807) is 0 Å². The van der Waals surface area contributed by atoms with E-state index < -0.39 is 0 Å². The summed E-state index contributed by atoms with van der Waals surface area (Å²) in [5, 5.41) is 8.38. The van der Waals surface area contributed by atoms with Crippen LogP contribution in [0.15, 0.2) is 36.4 Å². The number of rotatable bonds is 7. The number of hydrogen-bond donors (Lipinski definition) is 0. The third-order valence-electron chi connectivity index (χ3n) is 3.46. The van der Waals surface area contributed by atoms with Gasteiger partial charge in [0, 0.05) is 5.56 Å². The summed E-state index contributed by atoms with van der Waals surface area (Å²) in [6.45, 7) is 5.09. The van der Waals surface area contributed by atoms with Crippen LogP contribution in [0.2, 0.25) is 0 Å². The highest BCUT2D eigenvalue weighted by molar-refractivity contribution is 5.42. The average molecular weight is 308 g/mol. The van der Waals surface area contributed by atoms with Crippen LogP contribution in [-0.4, -0.2) is 16.8 Å². The smallest absolute Gasteiger partial charge is 0.136 e.